The minimum absolute atomic E-state index is 0.0524. The van der Waals surface area contributed by atoms with E-state index in [1.54, 1.807) is 13.0 Å². The largest absolute Gasteiger partial charge is 0.466 e. The number of carbonyl (C=O) groups excluding carboxylic acids is 2. The van der Waals surface area contributed by atoms with Gasteiger partial charge in [0.25, 0.3) is 0 Å². The zero-order valence-electron chi connectivity index (χ0n) is 12.1. The molecular weight excluding hydrogens is 276 g/mol. The summed E-state index contributed by atoms with van der Waals surface area (Å²) in [5, 5.41) is 0. The SMILES string of the molecule is CCOC(=O)CCC(=O)CS(=O)c1ccc(C)c(C)c1. The van der Waals surface area contributed by atoms with Crippen LogP contribution in [0.25, 0.3) is 0 Å². The summed E-state index contributed by atoms with van der Waals surface area (Å²) in [6.07, 6.45) is 0.131. The van der Waals surface area contributed by atoms with Crippen molar-refractivity contribution in [2.75, 3.05) is 12.4 Å². The van der Waals surface area contributed by atoms with Gasteiger partial charge in [0.15, 0.2) is 0 Å². The molecule has 0 heterocycles. The highest BCUT2D eigenvalue weighted by atomic mass is 32.2. The summed E-state index contributed by atoms with van der Waals surface area (Å²) < 4.78 is 16.8. The molecule has 1 aromatic carbocycles. The number of hydrogen-bond donors (Lipinski definition) is 0. The van der Waals surface area contributed by atoms with Crippen LogP contribution in [0.3, 0.4) is 0 Å². The molecule has 4 nitrogen and oxygen atoms in total. The van der Waals surface area contributed by atoms with Gasteiger partial charge >= 0.3 is 5.97 Å². The van der Waals surface area contributed by atoms with Gasteiger partial charge in [-0.05, 0) is 44.0 Å². The Morgan fingerprint density at radius 2 is 1.85 bits per heavy atom. The molecule has 0 saturated heterocycles. The number of aryl methyl sites for hydroxylation is 2. The van der Waals surface area contributed by atoms with E-state index in [1.165, 1.54) is 0 Å². The average Bonchev–Trinajstić information content (AvgIpc) is 2.40. The van der Waals surface area contributed by atoms with Gasteiger partial charge in [-0.3, -0.25) is 13.8 Å². The van der Waals surface area contributed by atoms with Crippen molar-refractivity contribution >= 4 is 22.6 Å². The molecule has 110 valence electrons. The van der Waals surface area contributed by atoms with E-state index in [2.05, 4.69) is 0 Å². The highest BCUT2D eigenvalue weighted by Gasteiger charge is 2.13. The first-order chi connectivity index (χ1) is 9.43. The summed E-state index contributed by atoms with van der Waals surface area (Å²) in [6, 6.07) is 5.51. The normalized spacial score (nSPS) is 11.9. The van der Waals surface area contributed by atoms with E-state index in [4.69, 9.17) is 4.74 Å². The smallest absolute Gasteiger partial charge is 0.306 e. The number of benzene rings is 1. The minimum atomic E-state index is -1.35. The van der Waals surface area contributed by atoms with Crippen LogP contribution in [0.5, 0.6) is 0 Å². The molecule has 5 heteroatoms. The molecule has 0 aliphatic heterocycles. The van der Waals surface area contributed by atoms with Crippen LogP contribution in [0.2, 0.25) is 0 Å². The monoisotopic (exact) mass is 296 g/mol. The van der Waals surface area contributed by atoms with Gasteiger partial charge in [-0.15, -0.1) is 0 Å². The van der Waals surface area contributed by atoms with Gasteiger partial charge < -0.3 is 4.74 Å². The van der Waals surface area contributed by atoms with Crippen molar-refractivity contribution in [3.05, 3.63) is 29.3 Å². The molecule has 0 radical (unpaired) electrons. The molecule has 1 aromatic rings. The lowest BCUT2D eigenvalue weighted by Crippen LogP contribution is -2.13. The van der Waals surface area contributed by atoms with Crippen molar-refractivity contribution in [1.82, 2.24) is 0 Å². The molecule has 0 N–H and O–H groups in total. The highest BCUT2D eigenvalue weighted by Crippen LogP contribution is 2.14. The second-order valence-corrected chi connectivity index (χ2v) is 6.03. The van der Waals surface area contributed by atoms with E-state index in [0.717, 1.165) is 11.1 Å². The lowest BCUT2D eigenvalue weighted by Gasteiger charge is -2.05. The summed E-state index contributed by atoms with van der Waals surface area (Å²) in [6.45, 7) is 5.95. The van der Waals surface area contributed by atoms with Gasteiger partial charge in [0.2, 0.25) is 0 Å². The van der Waals surface area contributed by atoms with E-state index in [9.17, 15) is 13.8 Å². The first-order valence-electron chi connectivity index (χ1n) is 6.57. The summed E-state index contributed by atoms with van der Waals surface area (Å²) in [5.41, 5.74) is 2.18. The van der Waals surface area contributed by atoms with Crippen molar-refractivity contribution in [2.45, 2.75) is 38.5 Å². The van der Waals surface area contributed by atoms with Crippen LogP contribution in [0.4, 0.5) is 0 Å². The number of ketones is 1. The quantitative estimate of drug-likeness (QED) is 0.725. The lowest BCUT2D eigenvalue weighted by molar-refractivity contribution is -0.144. The average molecular weight is 296 g/mol. The van der Waals surface area contributed by atoms with Crippen molar-refractivity contribution in [3.8, 4) is 0 Å². The molecule has 1 unspecified atom stereocenters. The molecule has 0 aromatic heterocycles. The zero-order valence-corrected chi connectivity index (χ0v) is 12.9. The van der Waals surface area contributed by atoms with Crippen LogP contribution >= 0.6 is 0 Å². The van der Waals surface area contributed by atoms with Gasteiger partial charge in [-0.1, -0.05) is 6.07 Å². The number of ether oxygens (including phenoxy) is 1. The Labute approximate surface area is 122 Å². The summed E-state index contributed by atoms with van der Waals surface area (Å²) in [7, 11) is -1.35. The Bertz CT molecular complexity index is 523. The Morgan fingerprint density at radius 3 is 2.45 bits per heavy atom. The van der Waals surface area contributed by atoms with Gasteiger partial charge in [0, 0.05) is 11.3 Å². The Morgan fingerprint density at radius 1 is 1.15 bits per heavy atom. The fourth-order valence-corrected chi connectivity index (χ4v) is 2.76. The Balaban J connectivity index is 2.51. The highest BCUT2D eigenvalue weighted by molar-refractivity contribution is 7.85. The molecule has 1 rings (SSSR count). The van der Waals surface area contributed by atoms with Gasteiger partial charge in [0.1, 0.15) is 5.78 Å². The van der Waals surface area contributed by atoms with E-state index < -0.39 is 16.8 Å². The third-order valence-electron chi connectivity index (χ3n) is 2.95. The predicted molar refractivity (Wildman–Crippen MR) is 78.1 cm³/mol. The van der Waals surface area contributed by atoms with Crippen molar-refractivity contribution in [2.24, 2.45) is 0 Å². The van der Waals surface area contributed by atoms with Crippen LogP contribution in [0, 0.1) is 13.8 Å². The first kappa shape index (κ1) is 16.6. The summed E-state index contributed by atoms with van der Waals surface area (Å²) >= 11 is 0. The van der Waals surface area contributed by atoms with E-state index in [0.29, 0.717) is 11.5 Å². The van der Waals surface area contributed by atoms with Crippen LogP contribution in [0.1, 0.15) is 30.9 Å². The molecule has 0 saturated carbocycles. The number of Topliss-reactive ketones (excluding diaryl/α,β-unsaturated/α-hetero) is 1. The second kappa shape index (κ2) is 7.94. The van der Waals surface area contributed by atoms with Gasteiger partial charge in [0.05, 0.1) is 29.6 Å². The van der Waals surface area contributed by atoms with Crippen molar-refractivity contribution in [1.29, 1.82) is 0 Å². The number of carbonyl (C=O) groups is 2. The van der Waals surface area contributed by atoms with Crippen LogP contribution < -0.4 is 0 Å². The Kier molecular flexibility index (Phi) is 6.58. The van der Waals surface area contributed by atoms with Crippen molar-refractivity contribution < 1.29 is 18.5 Å². The molecule has 1 atom stereocenters. The second-order valence-electron chi connectivity index (χ2n) is 4.58. The van der Waals surface area contributed by atoms with Crippen molar-refractivity contribution in [3.63, 3.8) is 0 Å². The molecule has 0 spiro atoms. The molecule has 20 heavy (non-hydrogen) atoms. The molecule has 0 bridgehead atoms. The fourth-order valence-electron chi connectivity index (χ4n) is 1.63. The molecule has 0 aliphatic rings. The number of esters is 1. The molecule has 0 fully saturated rings. The van der Waals surface area contributed by atoms with E-state index in [-0.39, 0.29) is 24.4 Å². The maximum absolute atomic E-state index is 12.1. The standard InChI is InChI=1S/C15H20O4S/c1-4-19-15(17)8-6-13(16)10-20(18)14-7-5-11(2)12(3)9-14/h5,7,9H,4,6,8,10H2,1-3H3. The van der Waals surface area contributed by atoms with Gasteiger partial charge in [-0.25, -0.2) is 0 Å². The topological polar surface area (TPSA) is 60.4 Å². The van der Waals surface area contributed by atoms with Crippen LogP contribution in [-0.4, -0.2) is 28.3 Å². The third-order valence-corrected chi connectivity index (χ3v) is 4.31. The predicted octanol–water partition coefficient (Wildman–Crippen LogP) is 2.32. The zero-order chi connectivity index (χ0) is 15.1. The summed E-state index contributed by atoms with van der Waals surface area (Å²) in [4.78, 5) is 23.5. The molecular formula is C15H20O4S. The maximum atomic E-state index is 12.1. The lowest BCUT2D eigenvalue weighted by atomic mass is 10.1. The van der Waals surface area contributed by atoms with Gasteiger partial charge in [-0.2, -0.15) is 0 Å². The fraction of sp³-hybridized carbons (Fsp3) is 0.467. The minimum Gasteiger partial charge on any atom is -0.466 e. The first-order valence-corrected chi connectivity index (χ1v) is 7.89. The molecule has 0 amide bonds. The maximum Gasteiger partial charge on any atom is 0.306 e. The number of hydrogen-bond acceptors (Lipinski definition) is 4. The van der Waals surface area contributed by atoms with E-state index >= 15 is 0 Å². The van der Waals surface area contributed by atoms with E-state index in [1.807, 2.05) is 26.0 Å². The summed E-state index contributed by atoms with van der Waals surface area (Å²) in [5.74, 6) is -0.630. The molecule has 0 aliphatic carbocycles. The van der Waals surface area contributed by atoms with Crippen LogP contribution in [0.15, 0.2) is 23.1 Å². The van der Waals surface area contributed by atoms with Crippen LogP contribution in [-0.2, 0) is 25.1 Å². The third kappa shape index (κ3) is 5.25. The Hall–Kier alpha value is -1.49. The number of rotatable bonds is 7.